The average Bonchev–Trinajstić information content (AvgIpc) is 2.60. The molecule has 6 nitrogen and oxygen atoms in total. The van der Waals surface area contributed by atoms with Crippen molar-refractivity contribution >= 4 is 17.6 Å². The van der Waals surface area contributed by atoms with Crippen molar-refractivity contribution in [3.63, 3.8) is 0 Å². The van der Waals surface area contributed by atoms with Gasteiger partial charge in [-0.25, -0.2) is 4.79 Å². The molecule has 0 saturated heterocycles. The van der Waals surface area contributed by atoms with Crippen molar-refractivity contribution in [2.45, 2.75) is 6.10 Å². The molecular formula is C17H15NO5. The van der Waals surface area contributed by atoms with E-state index in [4.69, 9.17) is 14.2 Å². The van der Waals surface area contributed by atoms with E-state index >= 15 is 0 Å². The molecule has 0 bridgehead atoms. The van der Waals surface area contributed by atoms with E-state index in [1.54, 1.807) is 42.5 Å². The van der Waals surface area contributed by atoms with Gasteiger partial charge in [-0.05, 0) is 24.3 Å². The van der Waals surface area contributed by atoms with Crippen LogP contribution in [0.4, 0.5) is 5.69 Å². The van der Waals surface area contributed by atoms with E-state index in [2.05, 4.69) is 5.32 Å². The van der Waals surface area contributed by atoms with E-state index in [0.29, 0.717) is 17.2 Å². The van der Waals surface area contributed by atoms with Crippen LogP contribution < -0.4 is 14.8 Å². The summed E-state index contributed by atoms with van der Waals surface area (Å²) in [5, 5.41) is 2.63. The first kappa shape index (κ1) is 14.9. The number of rotatable bonds is 4. The van der Waals surface area contributed by atoms with E-state index in [1.165, 1.54) is 0 Å². The summed E-state index contributed by atoms with van der Waals surface area (Å²) in [5.74, 6) is 0.0113. The second-order valence-corrected chi connectivity index (χ2v) is 4.89. The minimum atomic E-state index is -0.880. The maximum absolute atomic E-state index is 12.0. The Morgan fingerprint density at radius 2 is 1.74 bits per heavy atom. The number of para-hydroxylation sites is 3. The number of hydrogen-bond acceptors (Lipinski definition) is 5. The summed E-state index contributed by atoms with van der Waals surface area (Å²) in [6.45, 7) is -0.328. The van der Waals surface area contributed by atoms with Crippen LogP contribution >= 0.6 is 0 Å². The minimum Gasteiger partial charge on any atom is -0.485 e. The molecule has 118 valence electrons. The predicted molar refractivity (Wildman–Crippen MR) is 82.4 cm³/mol. The van der Waals surface area contributed by atoms with E-state index in [-0.39, 0.29) is 13.2 Å². The summed E-state index contributed by atoms with van der Waals surface area (Å²) in [7, 11) is 0. The van der Waals surface area contributed by atoms with E-state index < -0.39 is 18.0 Å². The zero-order chi connectivity index (χ0) is 16.1. The maximum Gasteiger partial charge on any atom is 0.351 e. The van der Waals surface area contributed by atoms with Gasteiger partial charge in [0, 0.05) is 5.69 Å². The number of amides is 1. The minimum absolute atomic E-state index is 0.0517. The summed E-state index contributed by atoms with van der Waals surface area (Å²) in [6.07, 6.45) is -0.880. The Kier molecular flexibility index (Phi) is 4.42. The van der Waals surface area contributed by atoms with Crippen LogP contribution in [0.1, 0.15) is 0 Å². The van der Waals surface area contributed by atoms with Crippen LogP contribution in [-0.2, 0) is 14.3 Å². The van der Waals surface area contributed by atoms with Crippen LogP contribution in [0, 0.1) is 0 Å². The molecule has 1 aliphatic rings. The largest absolute Gasteiger partial charge is 0.485 e. The number of nitrogens with one attached hydrogen (secondary N) is 1. The van der Waals surface area contributed by atoms with Gasteiger partial charge in [0.15, 0.2) is 18.1 Å². The highest BCUT2D eigenvalue weighted by molar-refractivity contribution is 5.93. The van der Waals surface area contributed by atoms with Gasteiger partial charge in [0.05, 0.1) is 0 Å². The fourth-order valence-corrected chi connectivity index (χ4v) is 2.08. The van der Waals surface area contributed by atoms with Gasteiger partial charge in [-0.1, -0.05) is 30.3 Å². The van der Waals surface area contributed by atoms with Gasteiger partial charge < -0.3 is 19.5 Å². The van der Waals surface area contributed by atoms with Crippen LogP contribution in [0.2, 0.25) is 0 Å². The van der Waals surface area contributed by atoms with Crippen LogP contribution in [0.5, 0.6) is 11.5 Å². The van der Waals surface area contributed by atoms with E-state index in [1.807, 2.05) is 12.1 Å². The lowest BCUT2D eigenvalue weighted by Crippen LogP contribution is -2.39. The smallest absolute Gasteiger partial charge is 0.351 e. The molecule has 1 amide bonds. The molecule has 1 aliphatic heterocycles. The molecule has 0 aromatic heterocycles. The Morgan fingerprint density at radius 3 is 2.52 bits per heavy atom. The third kappa shape index (κ3) is 3.79. The molecule has 0 spiro atoms. The molecule has 0 unspecified atom stereocenters. The van der Waals surface area contributed by atoms with Crippen molar-refractivity contribution in [2.24, 2.45) is 0 Å². The number of benzene rings is 2. The second-order valence-electron chi connectivity index (χ2n) is 4.89. The fourth-order valence-electron chi connectivity index (χ4n) is 2.08. The Morgan fingerprint density at radius 1 is 1.04 bits per heavy atom. The van der Waals surface area contributed by atoms with Crippen molar-refractivity contribution in [3.05, 3.63) is 54.6 Å². The lowest BCUT2D eigenvalue weighted by atomic mass is 10.2. The Hall–Kier alpha value is -3.02. The molecule has 0 saturated carbocycles. The van der Waals surface area contributed by atoms with Gasteiger partial charge in [0.1, 0.15) is 6.61 Å². The summed E-state index contributed by atoms with van der Waals surface area (Å²) in [5.41, 5.74) is 0.639. The molecule has 6 heteroatoms. The van der Waals surface area contributed by atoms with Gasteiger partial charge in [0.2, 0.25) is 6.10 Å². The molecular weight excluding hydrogens is 298 g/mol. The number of carbonyl (C=O) groups is 2. The molecule has 0 radical (unpaired) electrons. The Bertz CT molecular complexity index is 701. The number of esters is 1. The van der Waals surface area contributed by atoms with Gasteiger partial charge in [0.25, 0.3) is 5.91 Å². The zero-order valence-electron chi connectivity index (χ0n) is 12.2. The monoisotopic (exact) mass is 313 g/mol. The van der Waals surface area contributed by atoms with Crippen LogP contribution in [-0.4, -0.2) is 31.2 Å². The molecule has 2 aromatic rings. The lowest BCUT2D eigenvalue weighted by Gasteiger charge is -2.24. The first-order valence-electron chi connectivity index (χ1n) is 7.12. The highest BCUT2D eigenvalue weighted by Gasteiger charge is 2.29. The van der Waals surface area contributed by atoms with Crippen molar-refractivity contribution < 1.29 is 23.8 Å². The summed E-state index contributed by atoms with van der Waals surface area (Å²) in [6, 6.07) is 16.0. The second kappa shape index (κ2) is 6.83. The van der Waals surface area contributed by atoms with Crippen molar-refractivity contribution in [1.82, 2.24) is 0 Å². The van der Waals surface area contributed by atoms with Crippen LogP contribution in [0.25, 0.3) is 0 Å². The van der Waals surface area contributed by atoms with Gasteiger partial charge >= 0.3 is 5.97 Å². The van der Waals surface area contributed by atoms with Crippen LogP contribution in [0.3, 0.4) is 0 Å². The van der Waals surface area contributed by atoms with Gasteiger partial charge in [-0.15, -0.1) is 0 Å². The van der Waals surface area contributed by atoms with Crippen LogP contribution in [0.15, 0.2) is 54.6 Å². The number of carbonyl (C=O) groups excluding carboxylic acids is 2. The first-order valence-corrected chi connectivity index (χ1v) is 7.12. The molecule has 23 heavy (non-hydrogen) atoms. The summed E-state index contributed by atoms with van der Waals surface area (Å²) >= 11 is 0. The SMILES string of the molecule is O=C(COC(=O)[C@H]1COc2ccccc2O1)Nc1ccccc1. The van der Waals surface area contributed by atoms with Crippen molar-refractivity contribution in [1.29, 1.82) is 0 Å². The van der Waals surface area contributed by atoms with Crippen molar-refractivity contribution in [2.75, 3.05) is 18.5 Å². The first-order chi connectivity index (χ1) is 11.2. The normalized spacial score (nSPS) is 15.6. The highest BCUT2D eigenvalue weighted by Crippen LogP contribution is 2.31. The highest BCUT2D eigenvalue weighted by atomic mass is 16.6. The molecule has 1 N–H and O–H groups in total. The molecule has 1 atom stereocenters. The lowest BCUT2D eigenvalue weighted by molar-refractivity contribution is -0.156. The summed E-state index contributed by atoms with van der Waals surface area (Å²) < 4.78 is 15.9. The Labute approximate surface area is 133 Å². The molecule has 1 heterocycles. The van der Waals surface area contributed by atoms with Crippen molar-refractivity contribution in [3.8, 4) is 11.5 Å². The number of fused-ring (bicyclic) bond motifs is 1. The maximum atomic E-state index is 12.0. The predicted octanol–water partition coefficient (Wildman–Crippen LogP) is 2.01. The average molecular weight is 313 g/mol. The van der Waals surface area contributed by atoms with E-state index in [0.717, 1.165) is 0 Å². The van der Waals surface area contributed by atoms with Gasteiger partial charge in [-0.3, -0.25) is 4.79 Å². The molecule has 2 aromatic carbocycles. The zero-order valence-corrected chi connectivity index (χ0v) is 12.2. The number of anilines is 1. The fraction of sp³-hybridized carbons (Fsp3) is 0.176. The number of ether oxygens (including phenoxy) is 3. The molecule has 0 aliphatic carbocycles. The molecule has 3 rings (SSSR count). The van der Waals surface area contributed by atoms with E-state index in [9.17, 15) is 9.59 Å². The Balaban J connectivity index is 1.49. The third-order valence-corrected chi connectivity index (χ3v) is 3.17. The molecule has 0 fully saturated rings. The quantitative estimate of drug-likeness (QED) is 0.874. The standard InChI is InChI=1S/C17H15NO5/c19-16(18-12-6-2-1-3-7-12)11-22-17(20)15-10-21-13-8-4-5-9-14(13)23-15/h1-9,15H,10-11H2,(H,18,19)/t15-/m1/s1. The topological polar surface area (TPSA) is 73.9 Å². The number of hydrogen-bond donors (Lipinski definition) is 1. The van der Waals surface area contributed by atoms with Gasteiger partial charge in [-0.2, -0.15) is 0 Å². The third-order valence-electron chi connectivity index (χ3n) is 3.17. The summed E-state index contributed by atoms with van der Waals surface area (Å²) in [4.78, 5) is 23.7.